The van der Waals surface area contributed by atoms with Crippen LogP contribution in [0.1, 0.15) is 21.5 Å². The van der Waals surface area contributed by atoms with Crippen LogP contribution in [0.4, 0.5) is 0 Å². The van der Waals surface area contributed by atoms with Crippen LogP contribution in [0, 0.1) is 0 Å². The van der Waals surface area contributed by atoms with Crippen molar-refractivity contribution in [3.63, 3.8) is 0 Å². The number of nitrogens with zero attached hydrogens (tertiary/aromatic N) is 2. The molecule has 0 N–H and O–H groups in total. The highest BCUT2D eigenvalue weighted by Gasteiger charge is 2.15. The van der Waals surface area contributed by atoms with Gasteiger partial charge >= 0.3 is 5.97 Å². The van der Waals surface area contributed by atoms with Crippen molar-refractivity contribution in [3.8, 4) is 5.88 Å². The highest BCUT2D eigenvalue weighted by molar-refractivity contribution is 7.78. The van der Waals surface area contributed by atoms with Crippen molar-refractivity contribution in [2.24, 2.45) is 0 Å². The molecule has 0 aliphatic rings. The molecule has 2 rings (SSSR count). The van der Waals surface area contributed by atoms with E-state index in [1.54, 1.807) is 30.5 Å². The van der Waals surface area contributed by atoms with Crippen LogP contribution in [0.3, 0.4) is 0 Å². The molecular formula is C14H14N2O3S. The first-order valence-corrected chi connectivity index (χ1v) is 6.26. The average molecular weight is 290 g/mol. The predicted octanol–water partition coefficient (Wildman–Crippen LogP) is 2.58. The van der Waals surface area contributed by atoms with Gasteiger partial charge in [-0.1, -0.05) is 24.8 Å². The van der Waals surface area contributed by atoms with Crippen molar-refractivity contribution in [2.75, 3.05) is 7.11 Å². The van der Waals surface area contributed by atoms with Gasteiger partial charge in [-0.15, -0.1) is 5.10 Å². The number of rotatable bonds is 5. The highest BCUT2D eigenvalue weighted by Crippen LogP contribution is 2.19. The number of benzene rings is 1. The predicted molar refractivity (Wildman–Crippen MR) is 78.8 cm³/mol. The fourth-order valence-electron chi connectivity index (χ4n) is 1.78. The van der Waals surface area contributed by atoms with Gasteiger partial charge in [-0.3, -0.25) is 0 Å². The zero-order chi connectivity index (χ0) is 14.5. The number of hydrogen-bond acceptors (Lipinski definition) is 5. The van der Waals surface area contributed by atoms with Crippen LogP contribution in [0.25, 0.3) is 6.08 Å². The maximum absolute atomic E-state index is 11.8. The molecule has 2 aromatic rings. The third-order valence-corrected chi connectivity index (χ3v) is 2.98. The molecule has 20 heavy (non-hydrogen) atoms. The largest absolute Gasteiger partial charge is 0.472 e. The number of esters is 1. The molecule has 0 radical (unpaired) electrons. The van der Waals surface area contributed by atoms with E-state index < -0.39 is 5.97 Å². The number of aromatic nitrogens is 2. The van der Waals surface area contributed by atoms with E-state index in [9.17, 15) is 4.79 Å². The lowest BCUT2D eigenvalue weighted by Gasteiger charge is -2.11. The Morgan fingerprint density at radius 1 is 1.50 bits per heavy atom. The third-order valence-electron chi connectivity index (χ3n) is 2.75. The van der Waals surface area contributed by atoms with Gasteiger partial charge in [-0.2, -0.15) is 0 Å². The highest BCUT2D eigenvalue weighted by atomic mass is 32.1. The van der Waals surface area contributed by atoms with Gasteiger partial charge in [0, 0.05) is 17.8 Å². The molecule has 1 aromatic heterocycles. The lowest BCUT2D eigenvalue weighted by Crippen LogP contribution is -2.09. The minimum Gasteiger partial charge on any atom is -0.472 e. The first-order chi connectivity index (χ1) is 9.65. The first-order valence-electron chi connectivity index (χ1n) is 5.86. The van der Waals surface area contributed by atoms with Gasteiger partial charge in [0.2, 0.25) is 5.88 Å². The van der Waals surface area contributed by atoms with Crippen LogP contribution in [0.2, 0.25) is 0 Å². The molecule has 0 unspecified atom stereocenters. The van der Waals surface area contributed by atoms with E-state index in [0.29, 0.717) is 17.0 Å². The monoisotopic (exact) mass is 290 g/mol. The van der Waals surface area contributed by atoms with Crippen molar-refractivity contribution < 1.29 is 14.3 Å². The summed E-state index contributed by atoms with van der Waals surface area (Å²) in [5.41, 5.74) is 1.98. The van der Waals surface area contributed by atoms with Crippen LogP contribution in [-0.4, -0.2) is 22.3 Å². The molecule has 0 bridgehead atoms. The summed E-state index contributed by atoms with van der Waals surface area (Å²) < 4.78 is 11.7. The Hall–Kier alpha value is -2.21. The summed E-state index contributed by atoms with van der Waals surface area (Å²) in [7, 11) is 1.34. The van der Waals surface area contributed by atoms with Crippen LogP contribution in [0.15, 0.2) is 37.0 Å². The van der Waals surface area contributed by atoms with E-state index in [-0.39, 0.29) is 6.61 Å². The Balaban J connectivity index is 2.28. The van der Waals surface area contributed by atoms with Gasteiger partial charge in [-0.25, -0.2) is 8.88 Å². The first kappa shape index (κ1) is 14.2. The average Bonchev–Trinajstić information content (AvgIpc) is 2.89. The molecule has 0 aliphatic heterocycles. The molecule has 0 saturated heterocycles. The Morgan fingerprint density at radius 3 is 2.90 bits per heavy atom. The van der Waals surface area contributed by atoms with E-state index in [2.05, 4.69) is 24.5 Å². The van der Waals surface area contributed by atoms with Crippen LogP contribution < -0.4 is 4.74 Å². The van der Waals surface area contributed by atoms with E-state index in [0.717, 1.165) is 5.56 Å². The molecule has 0 fully saturated rings. The number of hydrogen-bond donors (Lipinski definition) is 1. The summed E-state index contributed by atoms with van der Waals surface area (Å²) in [6.07, 6.45) is 3.32. The van der Waals surface area contributed by atoms with Gasteiger partial charge < -0.3 is 9.47 Å². The number of thiol groups is 1. The van der Waals surface area contributed by atoms with E-state index >= 15 is 0 Å². The van der Waals surface area contributed by atoms with E-state index in [1.807, 2.05) is 6.07 Å². The fourth-order valence-corrected chi connectivity index (χ4v) is 1.93. The van der Waals surface area contributed by atoms with Gasteiger partial charge in [0.05, 0.1) is 12.7 Å². The molecule has 0 amide bonds. The van der Waals surface area contributed by atoms with Crippen LogP contribution in [-0.2, 0) is 11.3 Å². The number of ether oxygens (including phenoxy) is 2. The SMILES string of the molecule is C=Cc1cccc(C(=O)OC)c1COc1ccn(S)n1. The molecule has 0 aliphatic carbocycles. The van der Waals surface area contributed by atoms with Crippen molar-refractivity contribution in [1.82, 2.24) is 9.19 Å². The van der Waals surface area contributed by atoms with Crippen molar-refractivity contribution in [1.29, 1.82) is 0 Å². The summed E-state index contributed by atoms with van der Waals surface area (Å²) in [6.45, 7) is 3.93. The van der Waals surface area contributed by atoms with Gasteiger partial charge in [-0.05, 0) is 24.4 Å². The standard InChI is InChI=1S/C14H14N2O3S/c1-3-10-5-4-6-11(14(17)18-2)12(10)9-19-13-7-8-16(20)15-13/h3-8,20H,1,9H2,2H3. The smallest absolute Gasteiger partial charge is 0.338 e. The van der Waals surface area contributed by atoms with Crippen molar-refractivity contribution in [3.05, 3.63) is 53.7 Å². The Labute approximate surface area is 122 Å². The number of carbonyl (C=O) groups excluding carboxylic acids is 1. The lowest BCUT2D eigenvalue weighted by atomic mass is 10.0. The maximum Gasteiger partial charge on any atom is 0.338 e. The summed E-state index contributed by atoms with van der Waals surface area (Å²) in [6, 6.07) is 7.00. The van der Waals surface area contributed by atoms with E-state index in [4.69, 9.17) is 9.47 Å². The molecule has 104 valence electrons. The molecule has 1 aromatic carbocycles. The van der Waals surface area contributed by atoms with Crippen molar-refractivity contribution >= 4 is 24.9 Å². The zero-order valence-electron chi connectivity index (χ0n) is 10.9. The quantitative estimate of drug-likeness (QED) is 0.679. The summed E-state index contributed by atoms with van der Waals surface area (Å²) in [5, 5.41) is 3.99. The molecule has 6 heteroatoms. The van der Waals surface area contributed by atoms with Gasteiger partial charge in [0.25, 0.3) is 0 Å². The number of methoxy groups -OCH3 is 1. The molecular weight excluding hydrogens is 276 g/mol. The molecule has 5 nitrogen and oxygen atoms in total. The zero-order valence-corrected chi connectivity index (χ0v) is 11.8. The molecule has 1 heterocycles. The second-order valence-electron chi connectivity index (χ2n) is 3.93. The van der Waals surface area contributed by atoms with E-state index in [1.165, 1.54) is 11.2 Å². The minimum absolute atomic E-state index is 0.192. The molecule has 0 atom stereocenters. The minimum atomic E-state index is -0.410. The van der Waals surface area contributed by atoms with Gasteiger partial charge in [0.1, 0.15) is 6.61 Å². The number of carbonyl (C=O) groups is 1. The Bertz CT molecular complexity index is 637. The maximum atomic E-state index is 11.8. The molecule has 0 saturated carbocycles. The third kappa shape index (κ3) is 3.03. The fraction of sp³-hybridized carbons (Fsp3) is 0.143. The normalized spacial score (nSPS) is 10.1. The van der Waals surface area contributed by atoms with Crippen molar-refractivity contribution in [2.45, 2.75) is 6.61 Å². The Morgan fingerprint density at radius 2 is 2.30 bits per heavy atom. The Kier molecular flexibility index (Phi) is 4.47. The lowest BCUT2D eigenvalue weighted by molar-refractivity contribution is 0.0597. The van der Waals surface area contributed by atoms with Crippen LogP contribution >= 0.6 is 12.8 Å². The summed E-state index contributed by atoms with van der Waals surface area (Å²) >= 11 is 4.03. The summed E-state index contributed by atoms with van der Waals surface area (Å²) in [4.78, 5) is 11.8. The summed E-state index contributed by atoms with van der Waals surface area (Å²) in [5.74, 6) is 0.0155. The van der Waals surface area contributed by atoms with Crippen LogP contribution in [0.5, 0.6) is 5.88 Å². The van der Waals surface area contributed by atoms with Gasteiger partial charge in [0.15, 0.2) is 0 Å². The second kappa shape index (κ2) is 6.29. The molecule has 0 spiro atoms. The topological polar surface area (TPSA) is 53.4 Å². The second-order valence-corrected chi connectivity index (χ2v) is 4.34.